The van der Waals surface area contributed by atoms with Crippen LogP contribution in [0.1, 0.15) is 16.9 Å². The first-order valence-electron chi connectivity index (χ1n) is 13.3. The number of ether oxygens (including phenoxy) is 1. The summed E-state index contributed by atoms with van der Waals surface area (Å²) in [4.78, 5) is 27.8. The minimum atomic E-state index is -3.87. The average Bonchev–Trinajstić information content (AvgIpc) is 3.63. The highest BCUT2D eigenvalue weighted by atomic mass is 79.9. The van der Waals surface area contributed by atoms with Gasteiger partial charge in [0.1, 0.15) is 17.3 Å². The molecule has 17 heteroatoms. The highest BCUT2D eigenvalue weighted by Crippen LogP contribution is 2.36. The van der Waals surface area contributed by atoms with Crippen LogP contribution in [0.15, 0.2) is 106 Å². The number of nitrogens with two attached hydrogens (primary N) is 1. The Morgan fingerprint density at radius 1 is 1.13 bits per heavy atom. The number of hydrogen-bond donors (Lipinski definition) is 3. The number of thioether (sulfide) groups is 1. The van der Waals surface area contributed by atoms with Crippen LogP contribution < -0.4 is 15.2 Å². The van der Waals surface area contributed by atoms with Gasteiger partial charge in [0.05, 0.1) is 33.3 Å². The zero-order valence-corrected chi connectivity index (χ0v) is 29.3. The Balaban J connectivity index is 1.36. The number of carbonyl (C=O) groups excluding carboxylic acids is 2. The number of nitrogens with one attached hydrogen (secondary N) is 1. The number of hydrogen-bond acceptors (Lipinski definition) is 10. The quantitative estimate of drug-likeness (QED) is 0.0944. The zero-order chi connectivity index (χ0) is 33.7. The number of halogens is 3. The summed E-state index contributed by atoms with van der Waals surface area (Å²) in [6.07, 6.45) is 4.42. The Morgan fingerprint density at radius 2 is 1.89 bits per heavy atom. The van der Waals surface area contributed by atoms with Crippen molar-refractivity contribution in [3.05, 3.63) is 109 Å². The van der Waals surface area contributed by atoms with E-state index in [1.165, 1.54) is 41.6 Å². The standard InChI is InChI=1S/C30H22Br2ClN5O7S2/c31-19-10-18(28(40)24(32)13-19)14-35-37-30-38(15-22-2-1-9-44-22)29(41)26(46-30)12-17-11-20(33)3-8-25(17)45-16-27(39)36-21-4-6-23(7-5-21)47(34,42)43/h1-14,40H,15-16H2,(H,36,39)(H2,34,42,43)/b26-12-,35-14-,37-30+. The van der Waals surface area contributed by atoms with Gasteiger partial charge in [0.15, 0.2) is 11.8 Å². The fraction of sp³-hybridized carbons (Fsp3) is 0.0667. The van der Waals surface area contributed by atoms with Crippen LogP contribution in [0.25, 0.3) is 6.08 Å². The summed E-state index contributed by atoms with van der Waals surface area (Å²) in [5, 5.41) is 27.1. The van der Waals surface area contributed by atoms with Gasteiger partial charge < -0.3 is 19.6 Å². The van der Waals surface area contributed by atoms with Gasteiger partial charge in [0.2, 0.25) is 10.0 Å². The molecule has 0 bridgehead atoms. The van der Waals surface area contributed by atoms with Crippen molar-refractivity contribution in [2.24, 2.45) is 15.3 Å². The summed E-state index contributed by atoms with van der Waals surface area (Å²) in [6.45, 7) is -0.324. The van der Waals surface area contributed by atoms with E-state index in [2.05, 4.69) is 47.4 Å². The number of nitrogens with zero attached hydrogens (tertiary/aromatic N) is 3. The molecule has 0 unspecified atom stereocenters. The van der Waals surface area contributed by atoms with Gasteiger partial charge in [0, 0.05) is 26.3 Å². The van der Waals surface area contributed by atoms with Crippen molar-refractivity contribution < 1.29 is 32.3 Å². The van der Waals surface area contributed by atoms with Gasteiger partial charge in [-0.25, -0.2) is 13.6 Å². The lowest BCUT2D eigenvalue weighted by Crippen LogP contribution is -2.28. The molecule has 0 aliphatic carbocycles. The summed E-state index contributed by atoms with van der Waals surface area (Å²) in [5.41, 5.74) is 1.15. The highest BCUT2D eigenvalue weighted by molar-refractivity contribution is 9.11. The number of phenols is 1. The SMILES string of the molecule is NS(=O)(=O)c1ccc(NC(=O)COc2ccc(Cl)cc2/C=C2\S/C(=N/N=C\c3cc(Br)cc(Br)c3O)N(Cc3ccco3)C2=O)cc1. The second-order valence-electron chi connectivity index (χ2n) is 9.62. The molecule has 3 aromatic carbocycles. The molecule has 1 aliphatic heterocycles. The molecule has 0 spiro atoms. The minimum absolute atomic E-state index is 0.0255. The number of furan rings is 1. The van der Waals surface area contributed by atoms with Crippen molar-refractivity contribution in [2.45, 2.75) is 11.4 Å². The Bertz CT molecular complexity index is 2040. The molecule has 2 heterocycles. The maximum absolute atomic E-state index is 13.6. The van der Waals surface area contributed by atoms with E-state index in [1.807, 2.05) is 0 Å². The van der Waals surface area contributed by atoms with Crippen LogP contribution in [0, 0.1) is 0 Å². The average molecular weight is 824 g/mol. The molecule has 5 rings (SSSR count). The zero-order valence-electron chi connectivity index (χ0n) is 23.8. The van der Waals surface area contributed by atoms with E-state index in [1.54, 1.807) is 48.5 Å². The van der Waals surface area contributed by atoms with Gasteiger partial charge in [-0.2, -0.15) is 5.10 Å². The van der Waals surface area contributed by atoms with E-state index in [4.69, 9.17) is 25.9 Å². The summed E-state index contributed by atoms with van der Waals surface area (Å²) in [5.74, 6) is -0.148. The molecule has 0 atom stereocenters. The third kappa shape index (κ3) is 8.91. The van der Waals surface area contributed by atoms with E-state index >= 15 is 0 Å². The second kappa shape index (κ2) is 14.9. The molecule has 0 saturated carbocycles. The van der Waals surface area contributed by atoms with Crippen molar-refractivity contribution >= 4 is 100 Å². The first-order valence-corrected chi connectivity index (χ1v) is 17.6. The van der Waals surface area contributed by atoms with E-state index < -0.39 is 22.5 Å². The predicted octanol–water partition coefficient (Wildman–Crippen LogP) is 6.34. The molecular weight excluding hydrogens is 802 g/mol. The topological polar surface area (TPSA) is 177 Å². The van der Waals surface area contributed by atoms with Crippen molar-refractivity contribution in [1.82, 2.24) is 4.90 Å². The Labute approximate surface area is 294 Å². The number of carbonyl (C=O) groups is 2. The van der Waals surface area contributed by atoms with Gasteiger partial charge in [-0.3, -0.25) is 14.5 Å². The summed E-state index contributed by atoms with van der Waals surface area (Å²) in [6, 6.07) is 16.8. The van der Waals surface area contributed by atoms with Crippen LogP contribution in [0.4, 0.5) is 5.69 Å². The van der Waals surface area contributed by atoms with Crippen LogP contribution in [0.3, 0.4) is 0 Å². The van der Waals surface area contributed by atoms with Gasteiger partial charge in [-0.1, -0.05) is 27.5 Å². The van der Waals surface area contributed by atoms with Gasteiger partial charge >= 0.3 is 0 Å². The van der Waals surface area contributed by atoms with Gasteiger partial charge in [0.25, 0.3) is 11.8 Å². The number of anilines is 1. The third-order valence-corrected chi connectivity index (χ3v) is 9.49. The van der Waals surface area contributed by atoms with Crippen molar-refractivity contribution in [3.63, 3.8) is 0 Å². The predicted molar refractivity (Wildman–Crippen MR) is 187 cm³/mol. The van der Waals surface area contributed by atoms with Gasteiger partial charge in [-0.15, -0.1) is 5.10 Å². The number of primary sulfonamides is 1. The molecule has 1 fully saturated rings. The van der Waals surface area contributed by atoms with E-state index in [0.29, 0.717) is 36.5 Å². The maximum Gasteiger partial charge on any atom is 0.267 e. The molecule has 12 nitrogen and oxygen atoms in total. The Morgan fingerprint density at radius 3 is 2.60 bits per heavy atom. The Kier molecular flexibility index (Phi) is 10.9. The molecule has 1 aromatic heterocycles. The molecule has 242 valence electrons. The normalized spacial score (nSPS) is 15.2. The number of benzene rings is 3. The van der Waals surface area contributed by atoms with Crippen LogP contribution in [-0.2, 0) is 26.2 Å². The smallest absolute Gasteiger partial charge is 0.267 e. The number of amidine groups is 1. The van der Waals surface area contributed by atoms with Crippen molar-refractivity contribution in [3.8, 4) is 11.5 Å². The lowest BCUT2D eigenvalue weighted by molar-refractivity contribution is -0.122. The largest absolute Gasteiger partial charge is 0.506 e. The summed E-state index contributed by atoms with van der Waals surface area (Å²) in [7, 11) is -3.87. The highest BCUT2D eigenvalue weighted by Gasteiger charge is 2.34. The minimum Gasteiger partial charge on any atom is -0.506 e. The molecule has 1 aliphatic rings. The third-order valence-electron chi connectivity index (χ3n) is 6.26. The second-order valence-corrected chi connectivity index (χ2v) is 14.4. The number of amides is 2. The molecule has 1 saturated heterocycles. The first kappa shape index (κ1) is 34.4. The summed E-state index contributed by atoms with van der Waals surface area (Å²) < 4.78 is 35.3. The van der Waals surface area contributed by atoms with E-state index in [9.17, 15) is 23.1 Å². The van der Waals surface area contributed by atoms with Gasteiger partial charge in [-0.05, 0) is 100 Å². The fourth-order valence-electron chi connectivity index (χ4n) is 4.08. The lowest BCUT2D eigenvalue weighted by Gasteiger charge is -2.13. The first-order chi connectivity index (χ1) is 22.4. The van der Waals surface area contributed by atoms with E-state index in [-0.39, 0.29) is 38.9 Å². The molecular formula is C30H22Br2ClN5O7S2. The Hall–Kier alpha value is -3.93. The number of rotatable bonds is 10. The summed E-state index contributed by atoms with van der Waals surface area (Å²) >= 11 is 14.0. The maximum atomic E-state index is 13.6. The van der Waals surface area contributed by atoms with Crippen LogP contribution in [-0.4, -0.2) is 48.2 Å². The number of phenolic OH excluding ortho intramolecular Hbond substituents is 1. The van der Waals surface area contributed by atoms with Crippen LogP contribution in [0.5, 0.6) is 11.5 Å². The fourth-order valence-corrected chi connectivity index (χ4v) is 6.96. The molecule has 4 N–H and O–H groups in total. The van der Waals surface area contributed by atoms with E-state index in [0.717, 1.165) is 11.8 Å². The molecule has 0 radical (unpaired) electrons. The monoisotopic (exact) mass is 821 g/mol. The molecule has 4 aromatic rings. The van der Waals surface area contributed by atoms with Crippen molar-refractivity contribution in [2.75, 3.05) is 11.9 Å². The molecule has 47 heavy (non-hydrogen) atoms. The van der Waals surface area contributed by atoms with Crippen LogP contribution in [0.2, 0.25) is 5.02 Å². The van der Waals surface area contributed by atoms with Crippen molar-refractivity contribution in [1.29, 1.82) is 0 Å². The lowest BCUT2D eigenvalue weighted by atomic mass is 10.2. The molecule has 2 amide bonds. The van der Waals surface area contributed by atoms with Crippen LogP contribution >= 0.6 is 55.2 Å². The number of aromatic hydroxyl groups is 1. The number of sulfonamides is 1.